The van der Waals surface area contributed by atoms with Crippen LogP contribution in [0.2, 0.25) is 0 Å². The molecule has 6 rings (SSSR count). The van der Waals surface area contributed by atoms with Crippen molar-refractivity contribution in [1.82, 2.24) is 4.90 Å². The molecule has 58 heavy (non-hydrogen) atoms. The van der Waals surface area contributed by atoms with Crippen LogP contribution in [0.15, 0.2) is 46.1 Å². The minimum Gasteiger partial charge on any atom is -0.507 e. The van der Waals surface area contributed by atoms with Gasteiger partial charge in [0.1, 0.15) is 28.3 Å². The molecule has 10 atom stereocenters. The predicted octanol–water partition coefficient (Wildman–Crippen LogP) is 3.38. The molecule has 4 aliphatic heterocycles. The molecule has 1 saturated heterocycles. The number of phenols is 2. The van der Waals surface area contributed by atoms with Gasteiger partial charge in [0.2, 0.25) is 0 Å². The summed E-state index contributed by atoms with van der Waals surface area (Å²) in [6.45, 7) is 14.5. The number of amides is 1. The van der Waals surface area contributed by atoms with Gasteiger partial charge in [-0.2, -0.15) is 0 Å². The van der Waals surface area contributed by atoms with E-state index in [1.165, 1.54) is 33.3 Å². The first kappa shape index (κ1) is 42.8. The molecule has 1 fully saturated rings. The molecule has 15 heteroatoms. The van der Waals surface area contributed by atoms with Gasteiger partial charge in [-0.3, -0.25) is 19.4 Å². The number of phenolic OH excluding ortho intramolecular Hbond substituents is 2. The van der Waals surface area contributed by atoms with Gasteiger partial charge in [0.25, 0.3) is 11.7 Å². The summed E-state index contributed by atoms with van der Waals surface area (Å²) in [4.78, 5) is 52.1. The third-order valence-electron chi connectivity index (χ3n) is 12.4. The quantitative estimate of drug-likeness (QED) is 0.218. The molecule has 5 N–H and O–H groups in total. The van der Waals surface area contributed by atoms with Crippen molar-refractivity contribution in [1.29, 1.82) is 0 Å². The molecular formula is C43H56N4O11. The fraction of sp³-hybridized carbons (Fsp3) is 0.558. The van der Waals surface area contributed by atoms with Gasteiger partial charge in [-0.05, 0) is 33.4 Å². The molecule has 0 saturated carbocycles. The van der Waals surface area contributed by atoms with Gasteiger partial charge < -0.3 is 49.6 Å². The summed E-state index contributed by atoms with van der Waals surface area (Å²) in [5.74, 6) is -7.05. The maximum absolute atomic E-state index is 14.7. The molecular weight excluding hydrogens is 748 g/mol. The number of rotatable bonds is 2. The van der Waals surface area contributed by atoms with Gasteiger partial charge in [0.15, 0.2) is 5.75 Å². The van der Waals surface area contributed by atoms with Crippen LogP contribution in [-0.2, 0) is 23.8 Å². The van der Waals surface area contributed by atoms with Crippen molar-refractivity contribution in [2.45, 2.75) is 97.6 Å². The number of aliphatic hydroxyl groups is 2. The van der Waals surface area contributed by atoms with Crippen molar-refractivity contribution < 1.29 is 53.8 Å². The van der Waals surface area contributed by atoms with E-state index in [-0.39, 0.29) is 49.7 Å². The number of nitrogens with one attached hydrogen (secondary N) is 1. The number of carbonyl (C=O) groups is 3. The summed E-state index contributed by atoms with van der Waals surface area (Å²) in [5, 5.41) is 50.3. The van der Waals surface area contributed by atoms with Crippen LogP contribution in [0, 0.1) is 30.6 Å². The minimum atomic E-state index is -1.95. The summed E-state index contributed by atoms with van der Waals surface area (Å²) in [5.41, 5.74) is 0.173. The second-order valence-electron chi connectivity index (χ2n) is 16.7. The highest BCUT2D eigenvalue weighted by Crippen LogP contribution is 2.51. The third kappa shape index (κ3) is 7.49. The topological polar surface area (TPSA) is 209 Å². The number of allylic oxidation sites excluding steroid dienone is 2. The van der Waals surface area contributed by atoms with Crippen LogP contribution in [0.25, 0.3) is 10.8 Å². The molecule has 4 bridgehead atoms. The van der Waals surface area contributed by atoms with Crippen molar-refractivity contribution in [2.24, 2.45) is 33.7 Å². The largest absolute Gasteiger partial charge is 0.507 e. The maximum Gasteiger partial charge on any atom is 0.312 e. The van der Waals surface area contributed by atoms with E-state index in [0.717, 1.165) is 6.54 Å². The molecule has 0 radical (unpaired) electrons. The number of ketones is 1. The smallest absolute Gasteiger partial charge is 0.312 e. The van der Waals surface area contributed by atoms with Crippen LogP contribution < -0.4 is 20.8 Å². The molecule has 2 aromatic carbocycles. The SMILES string of the molecule is CO[C@H]1/C=C/O[C@@]2(C)Oc3c(C)c(O)c4c(O)c(c5c(c4c3C2=O)NC2(CCN(C)C2)CN=5)=NC(=O)/C(C)=C\C=C\[C@H](C)[C@H](O)[C@@H](C)[C@@H](O)[C@@H](C)[C@H](OC(C)=O)[C@@H]1C. The average molecular weight is 805 g/mol. The summed E-state index contributed by atoms with van der Waals surface area (Å²) < 4.78 is 23.9. The lowest BCUT2D eigenvalue weighted by Gasteiger charge is -2.38. The summed E-state index contributed by atoms with van der Waals surface area (Å²) >= 11 is 0. The van der Waals surface area contributed by atoms with E-state index in [2.05, 4.69) is 15.2 Å². The number of likely N-dealkylation sites (N-methyl/N-ethyl adjacent to an activating group) is 1. The first-order valence-electron chi connectivity index (χ1n) is 19.7. The Morgan fingerprint density at radius 1 is 1.00 bits per heavy atom. The van der Waals surface area contributed by atoms with Gasteiger partial charge in [-0.1, -0.05) is 45.9 Å². The molecule has 15 nitrogen and oxygen atoms in total. The van der Waals surface area contributed by atoms with E-state index in [9.17, 15) is 34.8 Å². The fourth-order valence-corrected chi connectivity index (χ4v) is 8.80. The molecule has 0 aliphatic carbocycles. The Labute approximate surface area is 337 Å². The summed E-state index contributed by atoms with van der Waals surface area (Å²) in [6.07, 6.45) is 4.59. The normalized spacial score (nSPS) is 35.3. The number of methoxy groups -OCH3 is 1. The number of fused-ring (bicyclic) bond motifs is 1. The van der Waals surface area contributed by atoms with Crippen LogP contribution in [-0.4, -0.2) is 113 Å². The van der Waals surface area contributed by atoms with Gasteiger partial charge in [-0.25, -0.2) is 4.99 Å². The zero-order valence-electron chi connectivity index (χ0n) is 34.8. The second kappa shape index (κ2) is 16.1. The Morgan fingerprint density at radius 3 is 2.34 bits per heavy atom. The van der Waals surface area contributed by atoms with Crippen LogP contribution in [0.1, 0.15) is 70.8 Å². The minimum absolute atomic E-state index is 0.0484. The van der Waals surface area contributed by atoms with Crippen molar-refractivity contribution in [2.75, 3.05) is 39.1 Å². The number of esters is 1. The Kier molecular flexibility index (Phi) is 11.9. The van der Waals surface area contributed by atoms with Crippen molar-refractivity contribution in [3.63, 3.8) is 0 Å². The van der Waals surface area contributed by atoms with Gasteiger partial charge in [0, 0.05) is 74.2 Å². The van der Waals surface area contributed by atoms with Crippen LogP contribution in [0.4, 0.5) is 5.69 Å². The highest BCUT2D eigenvalue weighted by atomic mass is 16.7. The number of nitrogens with zero attached hydrogens (tertiary/aromatic N) is 3. The van der Waals surface area contributed by atoms with Crippen LogP contribution in [0.5, 0.6) is 17.2 Å². The van der Waals surface area contributed by atoms with E-state index in [1.54, 1.807) is 59.8 Å². The molecule has 314 valence electrons. The van der Waals surface area contributed by atoms with E-state index < -0.39 is 82.8 Å². The van der Waals surface area contributed by atoms with E-state index in [0.29, 0.717) is 25.2 Å². The number of likely N-dealkylation sites (tertiary alicyclic amines) is 1. The zero-order chi connectivity index (χ0) is 42.6. The highest BCUT2D eigenvalue weighted by molar-refractivity contribution is 6.21. The first-order valence-corrected chi connectivity index (χ1v) is 19.7. The Hall–Kier alpha value is -4.83. The van der Waals surface area contributed by atoms with E-state index >= 15 is 0 Å². The van der Waals surface area contributed by atoms with E-state index in [4.69, 9.17) is 23.9 Å². The number of ether oxygens (including phenoxy) is 4. The maximum atomic E-state index is 14.7. The van der Waals surface area contributed by atoms with Gasteiger partial charge >= 0.3 is 11.8 Å². The predicted molar refractivity (Wildman–Crippen MR) is 214 cm³/mol. The number of hydrogen-bond acceptors (Lipinski definition) is 14. The summed E-state index contributed by atoms with van der Waals surface area (Å²) in [7, 11) is 3.46. The molecule has 0 aromatic heterocycles. The van der Waals surface area contributed by atoms with Crippen LogP contribution >= 0.6 is 0 Å². The number of benzene rings is 2. The lowest BCUT2D eigenvalue weighted by molar-refractivity contribution is -0.160. The lowest BCUT2D eigenvalue weighted by atomic mass is 9.78. The van der Waals surface area contributed by atoms with Crippen LogP contribution in [0.3, 0.4) is 0 Å². The number of Topliss-reactive ketones (excluding diaryl/α,β-unsaturated/α-hetero) is 1. The molecule has 1 spiro atoms. The molecule has 1 unspecified atom stereocenters. The standard InChI is InChI=1S/C43H56N4O11/c1-20-12-11-13-21(2)41(54)45-33-32-31(46-43(18-44-32)15-16-47(9)19-43)28-29(37(33)52)36(51)25(6)39-30(28)40(53)42(8,58-39)56-17-14-27(55-10)22(3)38(57-26(7)48)24(5)35(50)23(4)34(20)49/h11-14,17,20,22-24,27,34-35,38,46,49-52H,15-16,18-19H2,1-10H3/b12-11+,17-14+,21-13-,45-33?/t20-,22+,23+,24+,27-,34-,35+,38+,42-,43?/m0/s1. The highest BCUT2D eigenvalue weighted by Gasteiger charge is 2.50. The van der Waals surface area contributed by atoms with E-state index in [1.807, 2.05) is 7.05 Å². The van der Waals surface area contributed by atoms with Crippen molar-refractivity contribution >= 4 is 34.1 Å². The fourth-order valence-electron chi connectivity index (χ4n) is 8.80. The molecule has 4 aliphatic rings. The number of carbonyl (C=O) groups excluding carboxylic acids is 3. The lowest BCUT2D eigenvalue weighted by Crippen LogP contribution is -2.50. The number of aliphatic hydroxyl groups excluding tert-OH is 2. The number of hydrogen-bond donors (Lipinski definition) is 5. The molecule has 2 aromatic rings. The first-order chi connectivity index (χ1) is 27.3. The summed E-state index contributed by atoms with van der Waals surface area (Å²) in [6, 6.07) is 0. The van der Waals surface area contributed by atoms with Crippen molar-refractivity contribution in [3.8, 4) is 17.2 Å². The zero-order valence-corrected chi connectivity index (χ0v) is 34.8. The van der Waals surface area contributed by atoms with Gasteiger partial charge in [0.05, 0.1) is 53.3 Å². The number of aromatic hydroxyl groups is 2. The Morgan fingerprint density at radius 2 is 1.71 bits per heavy atom. The second-order valence-corrected chi connectivity index (χ2v) is 16.7. The van der Waals surface area contributed by atoms with Gasteiger partial charge in [-0.15, -0.1) is 0 Å². The average Bonchev–Trinajstić information content (AvgIpc) is 3.67. The monoisotopic (exact) mass is 804 g/mol. The molecule has 4 heterocycles. The molecule has 1 amide bonds. The third-order valence-corrected chi connectivity index (χ3v) is 12.4. The van der Waals surface area contributed by atoms with Crippen molar-refractivity contribution in [3.05, 3.63) is 58.0 Å². The Balaban J connectivity index is 1.57. The Bertz CT molecular complexity index is 2240. The number of anilines is 1.